The van der Waals surface area contributed by atoms with Gasteiger partial charge in [0.05, 0.1) is 25.0 Å². The molecule has 3 heterocycles. The van der Waals surface area contributed by atoms with Crippen molar-refractivity contribution in [1.82, 2.24) is 14.5 Å². The van der Waals surface area contributed by atoms with Crippen LogP contribution in [0.3, 0.4) is 0 Å². The van der Waals surface area contributed by atoms with Crippen molar-refractivity contribution in [3.05, 3.63) is 64.6 Å². The molecule has 1 aromatic carbocycles. The summed E-state index contributed by atoms with van der Waals surface area (Å²) in [4.78, 5) is 18.2. The lowest BCUT2D eigenvalue weighted by Gasteiger charge is -2.22. The third-order valence-electron chi connectivity index (χ3n) is 4.27. The summed E-state index contributed by atoms with van der Waals surface area (Å²) < 4.78 is 58.6. The predicted molar refractivity (Wildman–Crippen MR) is 100 cm³/mol. The van der Waals surface area contributed by atoms with Crippen molar-refractivity contribution in [2.24, 2.45) is 0 Å². The number of rotatable bonds is 7. The van der Waals surface area contributed by atoms with Gasteiger partial charge in [0.1, 0.15) is 36.2 Å². The van der Waals surface area contributed by atoms with Crippen LogP contribution >= 0.6 is 0 Å². The maximum absolute atomic E-state index is 12.2. The molecule has 0 saturated carbocycles. The normalized spacial score (nSPS) is 15.5. The Bertz CT molecular complexity index is 1090. The first-order valence-corrected chi connectivity index (χ1v) is 9.20. The summed E-state index contributed by atoms with van der Waals surface area (Å²) in [6.45, 7) is 0.721. The zero-order valence-corrected chi connectivity index (χ0v) is 16.2. The third-order valence-corrected chi connectivity index (χ3v) is 4.27. The number of halogens is 3. The molecular formula is C19H15F3N4O6. The predicted octanol–water partition coefficient (Wildman–Crippen LogP) is 3.86. The van der Waals surface area contributed by atoms with Crippen molar-refractivity contribution < 1.29 is 37.0 Å². The lowest BCUT2D eigenvalue weighted by molar-refractivity contribution is -0.389. The fourth-order valence-corrected chi connectivity index (χ4v) is 2.87. The van der Waals surface area contributed by atoms with Crippen LogP contribution in [-0.2, 0) is 17.9 Å². The number of nitrogens with zero attached hydrogens (tertiary/aromatic N) is 4. The number of alkyl halides is 3. The molecule has 2 aromatic heterocycles. The van der Waals surface area contributed by atoms with Gasteiger partial charge >= 0.3 is 18.2 Å². The summed E-state index contributed by atoms with van der Waals surface area (Å²) >= 11 is 0. The van der Waals surface area contributed by atoms with E-state index in [1.165, 1.54) is 29.1 Å². The van der Waals surface area contributed by atoms with E-state index in [0.717, 1.165) is 12.1 Å². The molecule has 0 saturated heterocycles. The van der Waals surface area contributed by atoms with E-state index < -0.39 is 11.3 Å². The molecule has 1 aliphatic heterocycles. The van der Waals surface area contributed by atoms with Gasteiger partial charge in [-0.1, -0.05) is 0 Å². The molecule has 0 aliphatic carbocycles. The van der Waals surface area contributed by atoms with Gasteiger partial charge in [0.25, 0.3) is 0 Å². The number of hydrogen-bond donors (Lipinski definition) is 0. The first-order chi connectivity index (χ1) is 15.2. The van der Waals surface area contributed by atoms with Crippen molar-refractivity contribution >= 4 is 5.82 Å². The first-order valence-electron chi connectivity index (χ1n) is 9.20. The van der Waals surface area contributed by atoms with E-state index in [0.29, 0.717) is 23.7 Å². The molecule has 10 nitrogen and oxygen atoms in total. The number of nitro groups is 1. The molecular weight excluding hydrogens is 437 g/mol. The van der Waals surface area contributed by atoms with Gasteiger partial charge in [-0.2, -0.15) is 0 Å². The van der Waals surface area contributed by atoms with Crippen molar-refractivity contribution in [2.75, 3.05) is 6.61 Å². The minimum absolute atomic E-state index is 0.171. The summed E-state index contributed by atoms with van der Waals surface area (Å²) in [6.07, 6.45) is -2.36. The smallest absolute Gasteiger partial charge is 0.456 e. The molecule has 0 spiro atoms. The number of fused-ring (bicyclic) bond motifs is 1. The Kier molecular flexibility index (Phi) is 5.81. The van der Waals surface area contributed by atoms with Gasteiger partial charge in [0.2, 0.25) is 0 Å². The van der Waals surface area contributed by atoms with Crippen molar-refractivity contribution in [2.45, 2.75) is 25.6 Å². The molecule has 0 bridgehead atoms. The van der Waals surface area contributed by atoms with Gasteiger partial charge in [-0.15, -0.1) is 13.2 Å². The van der Waals surface area contributed by atoms with Crippen molar-refractivity contribution in [3.63, 3.8) is 0 Å². The zero-order chi connectivity index (χ0) is 22.7. The molecule has 0 N–H and O–H groups in total. The molecule has 1 aliphatic rings. The second-order valence-electron chi connectivity index (χ2n) is 6.64. The van der Waals surface area contributed by atoms with Gasteiger partial charge in [-0.05, 0) is 41.3 Å². The molecule has 0 radical (unpaired) electrons. The lowest BCUT2D eigenvalue weighted by atomic mass is 10.3. The maximum atomic E-state index is 12.2. The van der Waals surface area contributed by atoms with Crippen LogP contribution in [0.25, 0.3) is 0 Å². The van der Waals surface area contributed by atoms with E-state index in [1.54, 1.807) is 12.1 Å². The average Bonchev–Trinajstić information content (AvgIpc) is 3.17. The Morgan fingerprint density at radius 2 is 1.88 bits per heavy atom. The van der Waals surface area contributed by atoms with Crippen LogP contribution < -0.4 is 14.2 Å². The molecule has 32 heavy (non-hydrogen) atoms. The Balaban J connectivity index is 1.28. The molecule has 0 amide bonds. The maximum Gasteiger partial charge on any atom is 0.573 e. The number of hydrogen-bond acceptors (Lipinski definition) is 8. The molecule has 168 valence electrons. The van der Waals surface area contributed by atoms with E-state index in [1.807, 2.05) is 0 Å². The Morgan fingerprint density at radius 1 is 1.16 bits per heavy atom. The molecule has 13 heteroatoms. The minimum Gasteiger partial charge on any atom is -0.456 e. The van der Waals surface area contributed by atoms with Crippen LogP contribution in [0, 0.1) is 10.1 Å². The second-order valence-corrected chi connectivity index (χ2v) is 6.64. The van der Waals surface area contributed by atoms with Gasteiger partial charge in [0, 0.05) is 4.98 Å². The first kappa shape index (κ1) is 21.4. The van der Waals surface area contributed by atoms with Crippen LogP contribution in [0.2, 0.25) is 0 Å². The topological polar surface area (TPSA) is 111 Å². The monoisotopic (exact) mass is 452 g/mol. The molecule has 0 fully saturated rings. The third kappa shape index (κ3) is 5.43. The van der Waals surface area contributed by atoms with Gasteiger partial charge in [-0.3, -0.25) is 9.55 Å². The lowest BCUT2D eigenvalue weighted by Crippen LogP contribution is -2.32. The highest BCUT2D eigenvalue weighted by Crippen LogP contribution is 2.27. The zero-order valence-electron chi connectivity index (χ0n) is 16.2. The Labute approximate surface area is 178 Å². The second kappa shape index (κ2) is 8.70. The largest absolute Gasteiger partial charge is 0.573 e. The minimum atomic E-state index is -4.76. The van der Waals surface area contributed by atoms with E-state index in [9.17, 15) is 23.3 Å². The number of pyridine rings is 1. The van der Waals surface area contributed by atoms with Gasteiger partial charge in [-0.25, -0.2) is 0 Å². The van der Waals surface area contributed by atoms with E-state index in [2.05, 4.69) is 14.7 Å². The summed E-state index contributed by atoms with van der Waals surface area (Å²) in [6, 6.07) is 8.46. The SMILES string of the molecule is O=[N+]([O-])c1cn2c(n1)OC[C@@H](OCc1ccc(Oc3ccc(OC(F)(F)F)cc3)cn1)C2. The molecule has 0 unspecified atom stereocenters. The van der Waals surface area contributed by atoms with Crippen LogP contribution in [0.15, 0.2) is 48.8 Å². The highest BCUT2D eigenvalue weighted by molar-refractivity contribution is 5.35. The Morgan fingerprint density at radius 3 is 2.53 bits per heavy atom. The Hall–Kier alpha value is -3.87. The van der Waals surface area contributed by atoms with E-state index in [4.69, 9.17) is 14.2 Å². The van der Waals surface area contributed by atoms with Crippen molar-refractivity contribution in [3.8, 4) is 23.3 Å². The van der Waals surface area contributed by atoms with Crippen LogP contribution in [0.1, 0.15) is 5.69 Å². The van der Waals surface area contributed by atoms with Crippen LogP contribution in [0.5, 0.6) is 23.3 Å². The van der Waals surface area contributed by atoms with Crippen LogP contribution in [0.4, 0.5) is 19.0 Å². The molecule has 4 rings (SSSR count). The molecule has 3 aromatic rings. The summed E-state index contributed by atoms with van der Waals surface area (Å²) in [5, 5.41) is 10.8. The number of benzene rings is 1. The quantitative estimate of drug-likeness (QED) is 0.393. The van der Waals surface area contributed by atoms with E-state index >= 15 is 0 Å². The van der Waals surface area contributed by atoms with E-state index in [-0.39, 0.29) is 36.9 Å². The van der Waals surface area contributed by atoms with Crippen LogP contribution in [-0.4, -0.2) is 38.5 Å². The highest BCUT2D eigenvalue weighted by atomic mass is 19.4. The number of imidazole rings is 1. The number of ether oxygens (including phenoxy) is 4. The van der Waals surface area contributed by atoms with Gasteiger partial charge in [0.15, 0.2) is 0 Å². The average molecular weight is 452 g/mol. The summed E-state index contributed by atoms with van der Waals surface area (Å²) in [7, 11) is 0. The standard InChI is InChI=1S/C19H15F3N4O6/c20-19(21,22)32-14-5-3-13(4-6-14)31-15-2-1-12(23-7-15)10-29-16-8-25-9-17(26(27)28)24-18(25)30-11-16/h1-7,9,16H,8,10-11H2/t16-/m0/s1. The number of aromatic nitrogens is 3. The van der Waals surface area contributed by atoms with Gasteiger partial charge < -0.3 is 29.1 Å². The fraction of sp³-hybridized carbons (Fsp3) is 0.263. The highest BCUT2D eigenvalue weighted by Gasteiger charge is 2.31. The summed E-state index contributed by atoms with van der Waals surface area (Å²) in [5.74, 6) is 0.0597. The summed E-state index contributed by atoms with van der Waals surface area (Å²) in [5.41, 5.74) is 0.605. The van der Waals surface area contributed by atoms with Crippen molar-refractivity contribution in [1.29, 1.82) is 0 Å². The fourth-order valence-electron chi connectivity index (χ4n) is 2.87. The molecule has 1 atom stereocenters.